The molecule has 0 aliphatic rings. The predicted molar refractivity (Wildman–Crippen MR) is 86.1 cm³/mol. The Bertz CT molecular complexity index is 693. The normalized spacial score (nSPS) is 11.5. The van der Waals surface area contributed by atoms with E-state index in [0.717, 1.165) is 23.4 Å². The van der Waals surface area contributed by atoms with E-state index in [1.807, 2.05) is 31.2 Å². The molecule has 0 atom stereocenters. The van der Waals surface area contributed by atoms with Crippen molar-refractivity contribution in [2.75, 3.05) is 12.9 Å². The number of aromatic nitrogens is 2. The van der Waals surface area contributed by atoms with Gasteiger partial charge in [0.15, 0.2) is 0 Å². The highest BCUT2D eigenvalue weighted by molar-refractivity contribution is 7.89. The molecule has 1 heterocycles. The number of rotatable bonds is 8. The van der Waals surface area contributed by atoms with Gasteiger partial charge in [-0.3, -0.25) is 0 Å². The molecule has 0 aliphatic carbocycles. The second-order valence-electron chi connectivity index (χ2n) is 4.97. The third-order valence-electron chi connectivity index (χ3n) is 3.26. The number of aromatic amines is 1. The van der Waals surface area contributed by atoms with Crippen LogP contribution in [0.4, 0.5) is 0 Å². The zero-order valence-corrected chi connectivity index (χ0v) is 13.6. The van der Waals surface area contributed by atoms with Gasteiger partial charge in [0.05, 0.1) is 31.3 Å². The van der Waals surface area contributed by atoms with Gasteiger partial charge in [-0.2, -0.15) is 0 Å². The second-order valence-corrected chi connectivity index (χ2v) is 6.89. The van der Waals surface area contributed by atoms with Crippen LogP contribution in [0.2, 0.25) is 0 Å². The highest BCUT2D eigenvalue weighted by Gasteiger charge is 2.10. The number of nitrogens with one attached hydrogen (secondary N) is 2. The summed E-state index contributed by atoms with van der Waals surface area (Å²) in [5, 5.41) is 0. The average molecular weight is 323 g/mol. The van der Waals surface area contributed by atoms with Crippen LogP contribution < -0.4 is 9.46 Å². The number of H-pyrrole nitrogens is 1. The zero-order chi connectivity index (χ0) is 16.0. The fourth-order valence-corrected chi connectivity index (χ4v) is 3.12. The van der Waals surface area contributed by atoms with Crippen LogP contribution in [0.15, 0.2) is 30.5 Å². The van der Waals surface area contributed by atoms with E-state index in [2.05, 4.69) is 14.7 Å². The number of sulfonamides is 1. The first-order valence-corrected chi connectivity index (χ1v) is 8.85. The van der Waals surface area contributed by atoms with E-state index in [0.29, 0.717) is 12.2 Å². The predicted octanol–water partition coefficient (Wildman–Crippen LogP) is 2.30. The summed E-state index contributed by atoms with van der Waals surface area (Å²) in [7, 11) is -1.61. The van der Waals surface area contributed by atoms with Gasteiger partial charge < -0.3 is 9.72 Å². The molecular weight excluding hydrogens is 302 g/mol. The Balaban J connectivity index is 1.99. The lowest BCUT2D eigenvalue weighted by atomic mass is 10.2. The van der Waals surface area contributed by atoms with Crippen molar-refractivity contribution < 1.29 is 13.2 Å². The van der Waals surface area contributed by atoms with E-state index in [4.69, 9.17) is 4.74 Å². The van der Waals surface area contributed by atoms with Crippen LogP contribution >= 0.6 is 0 Å². The quantitative estimate of drug-likeness (QED) is 0.781. The molecule has 2 aromatic rings. The van der Waals surface area contributed by atoms with Crippen LogP contribution in [0, 0.1) is 0 Å². The number of benzene rings is 1. The second kappa shape index (κ2) is 7.42. The van der Waals surface area contributed by atoms with E-state index in [1.54, 1.807) is 13.3 Å². The molecule has 2 N–H and O–H groups in total. The maximum Gasteiger partial charge on any atom is 0.212 e. The van der Waals surface area contributed by atoms with Crippen LogP contribution in [-0.4, -0.2) is 31.2 Å². The Labute approximate surface area is 131 Å². The molecule has 0 aliphatic heterocycles. The summed E-state index contributed by atoms with van der Waals surface area (Å²) in [6.07, 6.45) is 3.20. The van der Waals surface area contributed by atoms with Crippen LogP contribution in [0.5, 0.6) is 5.75 Å². The summed E-state index contributed by atoms with van der Waals surface area (Å²) in [4.78, 5) is 7.32. The first-order valence-electron chi connectivity index (χ1n) is 7.19. The zero-order valence-electron chi connectivity index (χ0n) is 12.8. The lowest BCUT2D eigenvalue weighted by Gasteiger charge is -2.04. The number of methoxy groups -OCH3 is 1. The molecule has 0 bridgehead atoms. The summed E-state index contributed by atoms with van der Waals surface area (Å²) in [5.41, 5.74) is 1.80. The number of ether oxygens (including phenoxy) is 1. The van der Waals surface area contributed by atoms with Gasteiger partial charge in [-0.15, -0.1) is 0 Å². The highest BCUT2D eigenvalue weighted by atomic mass is 32.2. The van der Waals surface area contributed by atoms with E-state index >= 15 is 0 Å². The monoisotopic (exact) mass is 323 g/mol. The molecule has 6 nitrogen and oxygen atoms in total. The van der Waals surface area contributed by atoms with Gasteiger partial charge in [0, 0.05) is 0 Å². The van der Waals surface area contributed by atoms with Gasteiger partial charge in [0.2, 0.25) is 10.0 Å². The number of nitrogens with zero attached hydrogens (tertiary/aromatic N) is 1. The Kier molecular flexibility index (Phi) is 5.57. The highest BCUT2D eigenvalue weighted by Crippen LogP contribution is 2.20. The van der Waals surface area contributed by atoms with Gasteiger partial charge in [-0.1, -0.05) is 13.3 Å². The number of imidazole rings is 1. The van der Waals surface area contributed by atoms with Crippen molar-refractivity contribution in [3.05, 3.63) is 36.3 Å². The van der Waals surface area contributed by atoms with Crippen molar-refractivity contribution in [2.45, 2.75) is 26.3 Å². The Morgan fingerprint density at radius 1 is 1.27 bits per heavy atom. The van der Waals surface area contributed by atoms with Crippen LogP contribution in [0.3, 0.4) is 0 Å². The Morgan fingerprint density at radius 3 is 2.64 bits per heavy atom. The van der Waals surface area contributed by atoms with Crippen LogP contribution in [0.1, 0.15) is 25.6 Å². The summed E-state index contributed by atoms with van der Waals surface area (Å²) in [5.74, 6) is 1.52. The minimum Gasteiger partial charge on any atom is -0.497 e. The molecule has 120 valence electrons. The molecule has 0 spiro atoms. The van der Waals surface area contributed by atoms with Crippen molar-refractivity contribution in [3.8, 4) is 17.0 Å². The maximum absolute atomic E-state index is 11.7. The molecule has 2 rings (SSSR count). The minimum absolute atomic E-state index is 0.148. The maximum atomic E-state index is 11.7. The topological polar surface area (TPSA) is 84.1 Å². The van der Waals surface area contributed by atoms with Crippen molar-refractivity contribution in [3.63, 3.8) is 0 Å². The molecule has 0 amide bonds. The molecule has 1 aromatic carbocycles. The Morgan fingerprint density at radius 2 is 2.00 bits per heavy atom. The molecule has 0 radical (unpaired) electrons. The SMILES string of the molecule is CCCCS(=O)(=O)NCc1ncc(-c2ccc(OC)cc2)[nH]1. The van der Waals surface area contributed by atoms with Crippen molar-refractivity contribution in [1.29, 1.82) is 0 Å². The number of hydrogen-bond donors (Lipinski definition) is 2. The summed E-state index contributed by atoms with van der Waals surface area (Å²) < 4.78 is 31.2. The van der Waals surface area contributed by atoms with Crippen molar-refractivity contribution in [2.24, 2.45) is 0 Å². The van der Waals surface area contributed by atoms with E-state index in [9.17, 15) is 8.42 Å². The first kappa shape index (κ1) is 16.5. The van der Waals surface area contributed by atoms with Gasteiger partial charge in [-0.05, 0) is 36.2 Å². The summed E-state index contributed by atoms with van der Waals surface area (Å²) in [6.45, 7) is 2.13. The smallest absolute Gasteiger partial charge is 0.212 e. The van der Waals surface area contributed by atoms with Gasteiger partial charge >= 0.3 is 0 Å². The summed E-state index contributed by atoms with van der Waals surface area (Å²) >= 11 is 0. The number of unbranched alkanes of at least 4 members (excludes halogenated alkanes) is 1. The summed E-state index contributed by atoms with van der Waals surface area (Å²) in [6, 6.07) is 7.57. The largest absolute Gasteiger partial charge is 0.497 e. The molecule has 22 heavy (non-hydrogen) atoms. The lowest BCUT2D eigenvalue weighted by molar-refractivity contribution is 0.415. The fourth-order valence-electron chi connectivity index (χ4n) is 1.95. The fraction of sp³-hybridized carbons (Fsp3) is 0.400. The number of hydrogen-bond acceptors (Lipinski definition) is 4. The molecule has 0 unspecified atom stereocenters. The van der Waals surface area contributed by atoms with E-state index < -0.39 is 10.0 Å². The van der Waals surface area contributed by atoms with Crippen LogP contribution in [0.25, 0.3) is 11.3 Å². The molecular formula is C15H21N3O3S. The van der Waals surface area contributed by atoms with Crippen LogP contribution in [-0.2, 0) is 16.6 Å². The van der Waals surface area contributed by atoms with Crippen molar-refractivity contribution in [1.82, 2.24) is 14.7 Å². The lowest BCUT2D eigenvalue weighted by Crippen LogP contribution is -2.26. The van der Waals surface area contributed by atoms with E-state index in [-0.39, 0.29) is 12.3 Å². The van der Waals surface area contributed by atoms with Gasteiger partial charge in [0.1, 0.15) is 11.6 Å². The molecule has 7 heteroatoms. The molecule has 0 fully saturated rings. The van der Waals surface area contributed by atoms with Gasteiger partial charge in [-0.25, -0.2) is 18.1 Å². The first-order chi connectivity index (χ1) is 10.5. The third kappa shape index (κ3) is 4.57. The minimum atomic E-state index is -3.23. The van der Waals surface area contributed by atoms with Crippen molar-refractivity contribution >= 4 is 10.0 Å². The van der Waals surface area contributed by atoms with E-state index in [1.165, 1.54) is 0 Å². The standard InChI is InChI=1S/C15H21N3O3S/c1-3-4-9-22(19,20)17-11-15-16-10-14(18-15)12-5-7-13(21-2)8-6-12/h5-8,10,17H,3-4,9,11H2,1-2H3,(H,16,18). The molecule has 1 aromatic heterocycles. The average Bonchev–Trinajstić information content (AvgIpc) is 3.00. The Hall–Kier alpha value is -1.86. The molecule has 0 saturated carbocycles. The third-order valence-corrected chi connectivity index (χ3v) is 4.67. The molecule has 0 saturated heterocycles. The van der Waals surface area contributed by atoms with Gasteiger partial charge in [0.25, 0.3) is 0 Å².